The fourth-order valence-electron chi connectivity index (χ4n) is 3.37. The Hall–Kier alpha value is -3.79. The van der Waals surface area contributed by atoms with Crippen molar-refractivity contribution in [2.75, 3.05) is 11.5 Å². The van der Waals surface area contributed by atoms with Crippen LogP contribution in [0.3, 0.4) is 0 Å². The fourth-order valence-corrected chi connectivity index (χ4v) is 4.08. The third kappa shape index (κ3) is 3.61. The second-order valence-electron chi connectivity index (χ2n) is 6.67. The number of carbonyl (C=O) groups is 2. The summed E-state index contributed by atoms with van der Waals surface area (Å²) >= 11 is 1.15. The lowest BCUT2D eigenvalue weighted by molar-refractivity contribution is -0.132. The van der Waals surface area contributed by atoms with Gasteiger partial charge in [-0.2, -0.15) is 0 Å². The molecule has 4 rings (SSSR count). The Morgan fingerprint density at radius 3 is 2.58 bits per heavy atom. The van der Waals surface area contributed by atoms with Crippen molar-refractivity contribution in [1.82, 2.24) is 15.2 Å². The quantitative estimate of drug-likeness (QED) is 0.354. The molecule has 31 heavy (non-hydrogen) atoms. The second-order valence-corrected chi connectivity index (χ2v) is 7.83. The van der Waals surface area contributed by atoms with Crippen molar-refractivity contribution in [2.24, 2.45) is 0 Å². The highest BCUT2D eigenvalue weighted by Crippen LogP contribution is 2.44. The number of carbonyl (C=O) groups excluding carboxylic acids is 2. The Morgan fingerprint density at radius 1 is 1.19 bits per heavy atom. The number of aromatic nitrogens is 3. The molecule has 1 unspecified atom stereocenters. The zero-order valence-corrected chi connectivity index (χ0v) is 17.5. The van der Waals surface area contributed by atoms with Gasteiger partial charge in [-0.15, -0.1) is 10.2 Å². The van der Waals surface area contributed by atoms with Crippen molar-refractivity contribution in [3.8, 4) is 11.5 Å². The van der Waals surface area contributed by atoms with Gasteiger partial charge in [0.15, 0.2) is 11.5 Å². The highest BCUT2D eigenvalue weighted by molar-refractivity contribution is 7.15. The Morgan fingerprint density at radius 2 is 1.94 bits per heavy atom. The van der Waals surface area contributed by atoms with Crippen molar-refractivity contribution >= 4 is 33.9 Å². The van der Waals surface area contributed by atoms with Gasteiger partial charge in [-0.1, -0.05) is 17.4 Å². The molecule has 0 radical (unpaired) electrons. The van der Waals surface area contributed by atoms with Crippen LogP contribution in [0.15, 0.2) is 48.3 Å². The largest absolute Gasteiger partial charge is 0.507 e. The van der Waals surface area contributed by atoms with Gasteiger partial charge in [0, 0.05) is 18.0 Å². The normalized spacial score (nSPS) is 17.9. The third-order valence-electron chi connectivity index (χ3n) is 4.72. The van der Waals surface area contributed by atoms with E-state index in [0.717, 1.165) is 11.3 Å². The maximum absolute atomic E-state index is 13.0. The number of rotatable bonds is 5. The topological polar surface area (TPSA) is 126 Å². The molecule has 0 aliphatic carbocycles. The highest BCUT2D eigenvalue weighted by Gasteiger charge is 2.48. The van der Waals surface area contributed by atoms with Gasteiger partial charge in [0.2, 0.25) is 5.13 Å². The molecule has 2 aromatic heterocycles. The molecule has 3 heterocycles. The number of aliphatic hydroxyl groups excluding tert-OH is 1. The zero-order valence-electron chi connectivity index (χ0n) is 16.6. The molecule has 158 valence electrons. The predicted octanol–water partition coefficient (Wildman–Crippen LogP) is 2.97. The fraction of sp³-hybridized carbons (Fsp3) is 0.190. The van der Waals surface area contributed by atoms with Gasteiger partial charge in [0.1, 0.15) is 10.8 Å². The van der Waals surface area contributed by atoms with Crippen molar-refractivity contribution in [1.29, 1.82) is 0 Å². The molecule has 0 bridgehead atoms. The van der Waals surface area contributed by atoms with E-state index in [2.05, 4.69) is 15.2 Å². The summed E-state index contributed by atoms with van der Waals surface area (Å²) in [5.41, 5.74) is 0.705. The Balaban J connectivity index is 1.95. The van der Waals surface area contributed by atoms with Crippen LogP contribution < -0.4 is 9.64 Å². The molecule has 1 atom stereocenters. The monoisotopic (exact) mass is 438 g/mol. The molecule has 1 aliphatic rings. The number of aryl methyl sites for hydroxylation is 1. The summed E-state index contributed by atoms with van der Waals surface area (Å²) in [5, 5.41) is 29.9. The number of hydrogen-bond acceptors (Lipinski definition) is 9. The lowest BCUT2D eigenvalue weighted by Crippen LogP contribution is -2.29. The number of aliphatic hydroxyl groups is 1. The SMILES string of the molecule is CCOc1cc(C2C(=C(O)c3ccncc3)C(=O)C(=O)N2c2nnc(C)s2)ccc1O. The summed E-state index contributed by atoms with van der Waals surface area (Å²) in [4.78, 5) is 31.1. The Labute approximate surface area is 181 Å². The van der Waals surface area contributed by atoms with Gasteiger partial charge in [0.25, 0.3) is 5.78 Å². The molecular weight excluding hydrogens is 420 g/mol. The van der Waals surface area contributed by atoms with Crippen LogP contribution in [0.4, 0.5) is 5.13 Å². The van der Waals surface area contributed by atoms with E-state index in [1.807, 2.05) is 0 Å². The van der Waals surface area contributed by atoms with E-state index in [1.165, 1.54) is 41.6 Å². The van der Waals surface area contributed by atoms with Crippen LogP contribution >= 0.6 is 11.3 Å². The number of ketones is 1. The summed E-state index contributed by atoms with van der Waals surface area (Å²) in [6.45, 7) is 3.81. The molecular formula is C21H18N4O5S. The van der Waals surface area contributed by atoms with E-state index in [4.69, 9.17) is 4.74 Å². The first kappa shape index (κ1) is 20.5. The van der Waals surface area contributed by atoms with Crippen LogP contribution in [0.25, 0.3) is 5.76 Å². The molecule has 1 aliphatic heterocycles. The van der Waals surface area contributed by atoms with Crippen LogP contribution in [0.1, 0.15) is 29.1 Å². The number of hydrogen-bond donors (Lipinski definition) is 2. The minimum absolute atomic E-state index is 0.0801. The zero-order chi connectivity index (χ0) is 22.1. The summed E-state index contributed by atoms with van der Waals surface area (Å²) in [5.74, 6) is -1.90. The van der Waals surface area contributed by atoms with E-state index >= 15 is 0 Å². The molecule has 9 nitrogen and oxygen atoms in total. The Kier molecular flexibility index (Phi) is 5.38. The summed E-state index contributed by atoms with van der Waals surface area (Å²) < 4.78 is 5.47. The number of ether oxygens (including phenoxy) is 1. The number of benzene rings is 1. The van der Waals surface area contributed by atoms with Crippen LogP contribution in [0.2, 0.25) is 0 Å². The van der Waals surface area contributed by atoms with Crippen molar-refractivity contribution < 1.29 is 24.5 Å². The summed E-state index contributed by atoms with van der Waals surface area (Å²) in [7, 11) is 0. The molecule has 3 aromatic rings. The van der Waals surface area contributed by atoms with Gasteiger partial charge < -0.3 is 14.9 Å². The van der Waals surface area contributed by atoms with Crippen molar-refractivity contribution in [3.63, 3.8) is 0 Å². The maximum atomic E-state index is 13.0. The van der Waals surface area contributed by atoms with E-state index in [9.17, 15) is 19.8 Å². The Bertz CT molecular complexity index is 1190. The number of amides is 1. The van der Waals surface area contributed by atoms with Gasteiger partial charge in [0.05, 0.1) is 18.2 Å². The first-order valence-corrected chi connectivity index (χ1v) is 10.2. The molecule has 1 aromatic carbocycles. The number of aromatic hydroxyl groups is 1. The standard InChI is InChI=1S/C21H18N4O5S/c1-3-30-15-10-13(4-5-14(15)26)17-16(18(27)12-6-8-22-9-7-12)19(28)20(29)25(17)21-24-23-11(2)31-21/h4-10,17,26-27H,3H2,1-2H3. The van der Waals surface area contributed by atoms with Crippen molar-refractivity contribution in [2.45, 2.75) is 19.9 Å². The van der Waals surface area contributed by atoms with E-state index < -0.39 is 17.7 Å². The van der Waals surface area contributed by atoms with Crippen LogP contribution in [0.5, 0.6) is 11.5 Å². The summed E-state index contributed by atoms with van der Waals surface area (Å²) in [6, 6.07) is 6.61. The van der Waals surface area contributed by atoms with Gasteiger partial charge in [-0.25, -0.2) is 0 Å². The number of anilines is 1. The molecule has 2 N–H and O–H groups in total. The highest BCUT2D eigenvalue weighted by atomic mass is 32.1. The van der Waals surface area contributed by atoms with E-state index in [-0.39, 0.29) is 28.0 Å². The molecule has 10 heteroatoms. The smallest absolute Gasteiger partial charge is 0.301 e. The molecule has 1 amide bonds. The number of pyridine rings is 1. The van der Waals surface area contributed by atoms with E-state index in [1.54, 1.807) is 19.9 Å². The molecule has 0 saturated carbocycles. The average Bonchev–Trinajstić information content (AvgIpc) is 3.31. The van der Waals surface area contributed by atoms with Crippen LogP contribution in [-0.2, 0) is 9.59 Å². The number of nitrogens with zero attached hydrogens (tertiary/aromatic N) is 4. The molecule has 1 saturated heterocycles. The predicted molar refractivity (Wildman–Crippen MR) is 113 cm³/mol. The lowest BCUT2D eigenvalue weighted by atomic mass is 9.95. The van der Waals surface area contributed by atoms with Crippen molar-refractivity contribution in [3.05, 3.63) is 64.4 Å². The molecule has 1 fully saturated rings. The van der Waals surface area contributed by atoms with Gasteiger partial charge in [-0.05, 0) is 43.7 Å². The number of Topliss-reactive ketones (excluding diaryl/α,β-unsaturated/α-hetero) is 1. The number of phenols is 1. The maximum Gasteiger partial charge on any atom is 0.301 e. The number of phenolic OH excluding ortho intramolecular Hbond substituents is 1. The first-order chi connectivity index (χ1) is 14.9. The van der Waals surface area contributed by atoms with Crippen LogP contribution in [-0.4, -0.2) is 43.7 Å². The summed E-state index contributed by atoms with van der Waals surface area (Å²) in [6.07, 6.45) is 2.95. The first-order valence-electron chi connectivity index (χ1n) is 9.39. The minimum Gasteiger partial charge on any atom is -0.507 e. The second kappa shape index (κ2) is 8.15. The molecule has 0 spiro atoms. The van der Waals surface area contributed by atoms with E-state index in [0.29, 0.717) is 22.7 Å². The lowest BCUT2D eigenvalue weighted by Gasteiger charge is -2.23. The average molecular weight is 438 g/mol. The van der Waals surface area contributed by atoms with Gasteiger partial charge >= 0.3 is 5.91 Å². The van der Waals surface area contributed by atoms with Gasteiger partial charge in [-0.3, -0.25) is 19.5 Å². The minimum atomic E-state index is -0.986. The van der Waals surface area contributed by atoms with Crippen LogP contribution in [0, 0.1) is 6.92 Å². The third-order valence-corrected chi connectivity index (χ3v) is 5.56.